The summed E-state index contributed by atoms with van der Waals surface area (Å²) in [7, 11) is 0. The number of aryl methyl sites for hydroxylation is 3. The van der Waals surface area contributed by atoms with E-state index < -0.39 is 11.6 Å². The lowest BCUT2D eigenvalue weighted by Gasteiger charge is -2.31. The van der Waals surface area contributed by atoms with Gasteiger partial charge < -0.3 is 10.2 Å². The molecule has 3 rings (SSSR count). The number of nitrogens with zero attached hydrogens (tertiary/aromatic N) is 1. The fraction of sp³-hybridized carbons (Fsp3) is 0.381. The number of anilines is 2. The van der Waals surface area contributed by atoms with E-state index in [-0.39, 0.29) is 12.5 Å². The third-order valence-corrected chi connectivity index (χ3v) is 4.90. The predicted molar refractivity (Wildman–Crippen MR) is 101 cm³/mol. The van der Waals surface area contributed by atoms with Gasteiger partial charge in [-0.2, -0.15) is 0 Å². The summed E-state index contributed by atoms with van der Waals surface area (Å²) in [6, 6.07) is 8.26. The largest absolute Gasteiger partial charge is 0.360 e. The zero-order valence-corrected chi connectivity index (χ0v) is 15.2. The number of rotatable bonds is 5. The maximum absolute atomic E-state index is 14.3. The van der Waals surface area contributed by atoms with Gasteiger partial charge in [-0.25, -0.2) is 8.78 Å². The number of fused-ring (bicyclic) bond motifs is 1. The van der Waals surface area contributed by atoms with Crippen LogP contribution in [0.3, 0.4) is 0 Å². The first-order chi connectivity index (χ1) is 12.5. The van der Waals surface area contributed by atoms with Gasteiger partial charge in [0.15, 0.2) is 0 Å². The summed E-state index contributed by atoms with van der Waals surface area (Å²) in [4.78, 5) is 14.4. The van der Waals surface area contributed by atoms with Crippen molar-refractivity contribution in [2.45, 2.75) is 39.5 Å². The van der Waals surface area contributed by atoms with E-state index >= 15 is 0 Å². The van der Waals surface area contributed by atoms with Crippen molar-refractivity contribution in [3.63, 3.8) is 0 Å². The van der Waals surface area contributed by atoms with Gasteiger partial charge in [-0.1, -0.05) is 32.0 Å². The first-order valence-electron chi connectivity index (χ1n) is 9.17. The minimum atomic E-state index is -0.601. The number of carbonyl (C=O) groups is 1. The van der Waals surface area contributed by atoms with E-state index in [0.717, 1.165) is 42.1 Å². The van der Waals surface area contributed by atoms with Crippen LogP contribution in [0.15, 0.2) is 30.3 Å². The Balaban J connectivity index is 1.81. The molecule has 0 aromatic heterocycles. The molecule has 1 N–H and O–H groups in total. The van der Waals surface area contributed by atoms with Crippen molar-refractivity contribution in [2.75, 3.05) is 23.3 Å². The van der Waals surface area contributed by atoms with Gasteiger partial charge >= 0.3 is 0 Å². The third kappa shape index (κ3) is 3.71. The van der Waals surface area contributed by atoms with E-state index in [4.69, 9.17) is 0 Å². The highest BCUT2D eigenvalue weighted by molar-refractivity contribution is 5.95. The number of nitrogens with one attached hydrogen (secondary N) is 1. The summed E-state index contributed by atoms with van der Waals surface area (Å²) in [6.45, 7) is 4.74. The predicted octanol–water partition coefficient (Wildman–Crippen LogP) is 4.48. The summed E-state index contributed by atoms with van der Waals surface area (Å²) in [6.07, 6.45) is 3.05. The summed E-state index contributed by atoms with van der Waals surface area (Å²) in [5.41, 5.74) is 4.02. The molecule has 26 heavy (non-hydrogen) atoms. The monoisotopic (exact) mass is 358 g/mol. The van der Waals surface area contributed by atoms with E-state index in [9.17, 15) is 13.6 Å². The van der Waals surface area contributed by atoms with Gasteiger partial charge in [0, 0.05) is 18.3 Å². The Bertz CT molecular complexity index is 798. The van der Waals surface area contributed by atoms with Crippen molar-refractivity contribution in [1.29, 1.82) is 0 Å². The lowest BCUT2D eigenvalue weighted by Crippen LogP contribution is -2.37. The van der Waals surface area contributed by atoms with Crippen molar-refractivity contribution in [2.24, 2.45) is 0 Å². The summed E-state index contributed by atoms with van der Waals surface area (Å²) < 4.78 is 27.7. The molecule has 0 radical (unpaired) electrons. The van der Waals surface area contributed by atoms with Crippen molar-refractivity contribution in [3.05, 3.63) is 58.7 Å². The maximum atomic E-state index is 14.3. The summed E-state index contributed by atoms with van der Waals surface area (Å²) in [5, 5.41) is 3.01. The molecule has 0 spiro atoms. The van der Waals surface area contributed by atoms with Crippen LogP contribution in [-0.2, 0) is 24.1 Å². The molecule has 0 fully saturated rings. The Hall–Kier alpha value is -2.43. The van der Waals surface area contributed by atoms with Crippen LogP contribution >= 0.6 is 0 Å². The van der Waals surface area contributed by atoms with E-state index in [2.05, 4.69) is 19.2 Å². The number of halogens is 2. The first-order valence-corrected chi connectivity index (χ1v) is 9.17. The molecule has 1 aliphatic heterocycles. The topological polar surface area (TPSA) is 32.3 Å². The highest BCUT2D eigenvalue weighted by Crippen LogP contribution is 2.31. The van der Waals surface area contributed by atoms with Crippen molar-refractivity contribution >= 4 is 17.3 Å². The fourth-order valence-electron chi connectivity index (χ4n) is 3.65. The molecule has 1 amide bonds. The van der Waals surface area contributed by atoms with Crippen molar-refractivity contribution in [1.82, 2.24) is 0 Å². The van der Waals surface area contributed by atoms with E-state index in [0.29, 0.717) is 24.2 Å². The van der Waals surface area contributed by atoms with Crippen LogP contribution in [-0.4, -0.2) is 19.0 Å². The minimum Gasteiger partial charge on any atom is -0.360 e. The molecule has 3 nitrogen and oxygen atoms in total. The molecule has 138 valence electrons. The molecule has 1 heterocycles. The Labute approximate surface area is 153 Å². The summed E-state index contributed by atoms with van der Waals surface area (Å²) in [5.74, 6) is -1.36. The Kier molecular flexibility index (Phi) is 5.55. The minimum absolute atomic E-state index is 0.0523. The number of benzene rings is 2. The molecule has 0 aliphatic carbocycles. The van der Waals surface area contributed by atoms with E-state index in [1.165, 1.54) is 6.07 Å². The first kappa shape index (κ1) is 18.4. The molecule has 0 saturated carbocycles. The standard InChI is InChI=1S/C21H24F2N2O/c1-3-14-7-5-8-15(4-2)20(14)24-19(26)13-25-10-6-9-16-11-17(22)12-18(23)21(16)25/h5,7-8,11-12H,3-4,6,9-10,13H2,1-2H3,(H,24,26). The molecular formula is C21H24F2N2O. The van der Waals surface area contributed by atoms with E-state index in [1.54, 1.807) is 4.90 Å². The second kappa shape index (κ2) is 7.85. The Morgan fingerprint density at radius 1 is 1.15 bits per heavy atom. The highest BCUT2D eigenvalue weighted by atomic mass is 19.1. The fourth-order valence-corrected chi connectivity index (χ4v) is 3.65. The highest BCUT2D eigenvalue weighted by Gasteiger charge is 2.24. The van der Waals surface area contributed by atoms with Gasteiger partial charge in [-0.15, -0.1) is 0 Å². The van der Waals surface area contributed by atoms with Crippen LogP contribution in [0.2, 0.25) is 0 Å². The van der Waals surface area contributed by atoms with E-state index in [1.807, 2.05) is 18.2 Å². The van der Waals surface area contributed by atoms with Gasteiger partial charge in [0.25, 0.3) is 0 Å². The Morgan fingerprint density at radius 3 is 2.50 bits per heavy atom. The molecular weight excluding hydrogens is 334 g/mol. The van der Waals surface area contributed by atoms with Crippen molar-refractivity contribution < 1.29 is 13.6 Å². The zero-order chi connectivity index (χ0) is 18.7. The van der Waals surface area contributed by atoms with Crippen LogP contribution < -0.4 is 10.2 Å². The van der Waals surface area contributed by atoms with Crippen LogP contribution in [0.5, 0.6) is 0 Å². The second-order valence-electron chi connectivity index (χ2n) is 6.63. The number of amides is 1. The number of hydrogen-bond donors (Lipinski definition) is 1. The molecule has 0 bridgehead atoms. The Morgan fingerprint density at radius 2 is 1.85 bits per heavy atom. The molecule has 2 aromatic rings. The molecule has 1 aliphatic rings. The lowest BCUT2D eigenvalue weighted by atomic mass is 10.0. The molecule has 5 heteroatoms. The van der Waals surface area contributed by atoms with Crippen LogP contribution in [0.25, 0.3) is 0 Å². The van der Waals surface area contributed by atoms with Gasteiger partial charge in [0.2, 0.25) is 5.91 Å². The van der Waals surface area contributed by atoms with Gasteiger partial charge in [0.05, 0.1) is 12.2 Å². The van der Waals surface area contributed by atoms with Crippen LogP contribution in [0.4, 0.5) is 20.2 Å². The smallest absolute Gasteiger partial charge is 0.243 e. The van der Waals surface area contributed by atoms with Gasteiger partial charge in [-0.05, 0) is 48.4 Å². The zero-order valence-electron chi connectivity index (χ0n) is 15.2. The average molecular weight is 358 g/mol. The van der Waals surface area contributed by atoms with Gasteiger partial charge in [-0.3, -0.25) is 4.79 Å². The number of para-hydroxylation sites is 1. The molecule has 0 saturated heterocycles. The average Bonchev–Trinajstić information content (AvgIpc) is 2.61. The third-order valence-electron chi connectivity index (χ3n) is 4.90. The maximum Gasteiger partial charge on any atom is 0.243 e. The molecule has 2 aromatic carbocycles. The number of carbonyl (C=O) groups excluding carboxylic acids is 1. The SMILES string of the molecule is CCc1cccc(CC)c1NC(=O)CN1CCCc2cc(F)cc(F)c21. The number of hydrogen-bond acceptors (Lipinski definition) is 2. The molecule has 0 atom stereocenters. The quantitative estimate of drug-likeness (QED) is 0.855. The summed E-state index contributed by atoms with van der Waals surface area (Å²) >= 11 is 0. The lowest BCUT2D eigenvalue weighted by molar-refractivity contribution is -0.115. The van der Waals surface area contributed by atoms with Gasteiger partial charge in [0.1, 0.15) is 11.6 Å². The normalized spacial score (nSPS) is 13.5. The second-order valence-corrected chi connectivity index (χ2v) is 6.63. The van der Waals surface area contributed by atoms with Crippen LogP contribution in [0, 0.1) is 11.6 Å². The molecule has 0 unspecified atom stereocenters. The van der Waals surface area contributed by atoms with Crippen molar-refractivity contribution in [3.8, 4) is 0 Å². The van der Waals surface area contributed by atoms with Crippen LogP contribution in [0.1, 0.15) is 37.0 Å².